The Hall–Kier alpha value is -1.35. The largest absolute Gasteiger partial charge is 0.351 e. The van der Waals surface area contributed by atoms with Gasteiger partial charge >= 0.3 is 0 Å². The number of nitrogens with one attached hydrogen (secondary N) is 2. The van der Waals surface area contributed by atoms with E-state index in [0.717, 1.165) is 11.5 Å². The minimum Gasteiger partial charge on any atom is -0.351 e. The van der Waals surface area contributed by atoms with Crippen LogP contribution in [0.5, 0.6) is 0 Å². The highest BCUT2D eigenvalue weighted by molar-refractivity contribution is 5.78. The van der Waals surface area contributed by atoms with Gasteiger partial charge in [-0.15, -0.1) is 0 Å². The van der Waals surface area contributed by atoms with Crippen LogP contribution in [0.15, 0.2) is 30.3 Å². The second-order valence-corrected chi connectivity index (χ2v) is 5.83. The van der Waals surface area contributed by atoms with Crippen LogP contribution >= 0.6 is 0 Å². The number of carbonyl (C=O) groups excluding carboxylic acids is 1. The Balaban J connectivity index is 1.64. The van der Waals surface area contributed by atoms with Crippen molar-refractivity contribution in [3.05, 3.63) is 35.9 Å². The number of benzene rings is 1. The lowest BCUT2D eigenvalue weighted by atomic mass is 9.84. The highest BCUT2D eigenvalue weighted by atomic mass is 16.1. The zero-order valence-electron chi connectivity index (χ0n) is 12.4. The van der Waals surface area contributed by atoms with Crippen LogP contribution in [0.1, 0.15) is 44.6 Å². The summed E-state index contributed by atoms with van der Waals surface area (Å²) in [5, 5.41) is 6.33. The standard InChI is InChI=1S/C17H26N2O/c1-14(16-10-6-3-7-11-16)18-13-17(20)19-12-15-8-4-2-5-9-15/h2,4-5,8-9,14,16,18H,3,6-7,10-13H2,1H3,(H,19,20). The number of rotatable bonds is 6. The van der Waals surface area contributed by atoms with Crippen molar-refractivity contribution in [3.8, 4) is 0 Å². The maximum atomic E-state index is 11.8. The monoisotopic (exact) mass is 274 g/mol. The molecule has 3 nitrogen and oxygen atoms in total. The quantitative estimate of drug-likeness (QED) is 0.837. The first-order valence-corrected chi connectivity index (χ1v) is 7.79. The van der Waals surface area contributed by atoms with Crippen LogP contribution in [-0.4, -0.2) is 18.5 Å². The van der Waals surface area contributed by atoms with Crippen molar-refractivity contribution in [2.24, 2.45) is 5.92 Å². The van der Waals surface area contributed by atoms with Crippen LogP contribution < -0.4 is 10.6 Å². The van der Waals surface area contributed by atoms with Crippen molar-refractivity contribution < 1.29 is 4.79 Å². The van der Waals surface area contributed by atoms with Gasteiger partial charge in [0, 0.05) is 12.6 Å². The van der Waals surface area contributed by atoms with Crippen LogP contribution in [0.3, 0.4) is 0 Å². The highest BCUT2D eigenvalue weighted by Gasteiger charge is 2.19. The average molecular weight is 274 g/mol. The molecule has 1 aliphatic rings. The van der Waals surface area contributed by atoms with Crippen LogP contribution in [0.25, 0.3) is 0 Å². The Labute approximate surface area is 122 Å². The minimum absolute atomic E-state index is 0.0801. The van der Waals surface area contributed by atoms with E-state index in [4.69, 9.17) is 0 Å². The average Bonchev–Trinajstić information content (AvgIpc) is 2.52. The highest BCUT2D eigenvalue weighted by Crippen LogP contribution is 2.26. The van der Waals surface area contributed by atoms with Gasteiger partial charge in [-0.1, -0.05) is 49.6 Å². The van der Waals surface area contributed by atoms with Crippen molar-refractivity contribution in [3.63, 3.8) is 0 Å². The van der Waals surface area contributed by atoms with Crippen LogP contribution in [-0.2, 0) is 11.3 Å². The van der Waals surface area contributed by atoms with Gasteiger partial charge in [0.25, 0.3) is 0 Å². The van der Waals surface area contributed by atoms with Gasteiger partial charge in [0.05, 0.1) is 6.54 Å². The van der Waals surface area contributed by atoms with E-state index < -0.39 is 0 Å². The third-order valence-electron chi connectivity index (χ3n) is 4.27. The molecule has 0 spiro atoms. The molecular formula is C17H26N2O. The van der Waals surface area contributed by atoms with Gasteiger partial charge in [-0.25, -0.2) is 0 Å². The van der Waals surface area contributed by atoms with E-state index in [2.05, 4.69) is 17.6 Å². The summed E-state index contributed by atoms with van der Waals surface area (Å²) < 4.78 is 0. The first-order chi connectivity index (χ1) is 9.75. The van der Waals surface area contributed by atoms with Crippen molar-refractivity contribution in [1.29, 1.82) is 0 Å². The Bertz CT molecular complexity index is 399. The van der Waals surface area contributed by atoms with Gasteiger partial charge in [-0.2, -0.15) is 0 Å². The number of carbonyl (C=O) groups is 1. The van der Waals surface area contributed by atoms with Crippen molar-refractivity contribution >= 4 is 5.91 Å². The molecule has 1 unspecified atom stereocenters. The van der Waals surface area contributed by atoms with Gasteiger partial charge in [-0.3, -0.25) is 4.79 Å². The summed E-state index contributed by atoms with van der Waals surface area (Å²) in [4.78, 5) is 11.8. The van der Waals surface area contributed by atoms with Gasteiger partial charge in [0.1, 0.15) is 0 Å². The molecule has 1 saturated carbocycles. The Morgan fingerprint density at radius 1 is 1.20 bits per heavy atom. The second-order valence-electron chi connectivity index (χ2n) is 5.83. The van der Waals surface area contributed by atoms with E-state index in [9.17, 15) is 4.79 Å². The van der Waals surface area contributed by atoms with Crippen molar-refractivity contribution in [2.75, 3.05) is 6.54 Å². The van der Waals surface area contributed by atoms with E-state index in [1.807, 2.05) is 30.3 Å². The molecule has 0 heterocycles. The SMILES string of the molecule is CC(NCC(=O)NCc1ccccc1)C1CCCCC1. The third kappa shape index (κ3) is 4.97. The molecule has 3 heteroatoms. The summed E-state index contributed by atoms with van der Waals surface area (Å²) in [6.07, 6.45) is 6.67. The van der Waals surface area contributed by atoms with E-state index in [1.165, 1.54) is 32.1 Å². The maximum Gasteiger partial charge on any atom is 0.234 e. The number of amides is 1. The molecule has 0 aliphatic heterocycles. The van der Waals surface area contributed by atoms with Gasteiger partial charge in [0.2, 0.25) is 5.91 Å². The lowest BCUT2D eigenvalue weighted by Crippen LogP contribution is -2.41. The third-order valence-corrected chi connectivity index (χ3v) is 4.27. The van der Waals surface area contributed by atoms with Crippen molar-refractivity contribution in [2.45, 2.75) is 51.6 Å². The predicted molar refractivity (Wildman–Crippen MR) is 82.3 cm³/mol. The van der Waals surface area contributed by atoms with E-state index >= 15 is 0 Å². The zero-order valence-corrected chi connectivity index (χ0v) is 12.4. The molecule has 1 atom stereocenters. The first kappa shape index (κ1) is 15.0. The molecule has 1 aromatic carbocycles. The molecule has 2 rings (SSSR count). The van der Waals surface area contributed by atoms with E-state index in [1.54, 1.807) is 0 Å². The topological polar surface area (TPSA) is 41.1 Å². The first-order valence-electron chi connectivity index (χ1n) is 7.79. The van der Waals surface area contributed by atoms with Crippen LogP contribution in [0.4, 0.5) is 0 Å². The van der Waals surface area contributed by atoms with Gasteiger partial charge in [0.15, 0.2) is 0 Å². The molecule has 0 saturated heterocycles. The summed E-state index contributed by atoms with van der Waals surface area (Å²) in [5.74, 6) is 0.821. The second kappa shape index (κ2) is 8.05. The molecule has 1 amide bonds. The van der Waals surface area contributed by atoms with Gasteiger partial charge in [-0.05, 0) is 31.2 Å². The number of hydrogen-bond donors (Lipinski definition) is 2. The summed E-state index contributed by atoms with van der Waals surface area (Å²) in [6, 6.07) is 10.5. The lowest BCUT2D eigenvalue weighted by Gasteiger charge is -2.28. The maximum absolute atomic E-state index is 11.8. The molecular weight excluding hydrogens is 248 g/mol. The summed E-state index contributed by atoms with van der Waals surface area (Å²) >= 11 is 0. The van der Waals surface area contributed by atoms with Gasteiger partial charge < -0.3 is 10.6 Å². The molecule has 1 aromatic rings. The molecule has 0 bridgehead atoms. The van der Waals surface area contributed by atoms with Crippen molar-refractivity contribution in [1.82, 2.24) is 10.6 Å². The summed E-state index contributed by atoms with van der Waals surface area (Å²) in [7, 11) is 0. The van der Waals surface area contributed by atoms with Crippen LogP contribution in [0, 0.1) is 5.92 Å². The molecule has 1 fully saturated rings. The van der Waals surface area contributed by atoms with E-state index in [0.29, 0.717) is 19.1 Å². The molecule has 110 valence electrons. The fraction of sp³-hybridized carbons (Fsp3) is 0.588. The lowest BCUT2D eigenvalue weighted by molar-refractivity contribution is -0.120. The smallest absolute Gasteiger partial charge is 0.234 e. The van der Waals surface area contributed by atoms with Crippen LogP contribution in [0.2, 0.25) is 0 Å². The molecule has 20 heavy (non-hydrogen) atoms. The van der Waals surface area contributed by atoms with E-state index in [-0.39, 0.29) is 5.91 Å². The fourth-order valence-electron chi connectivity index (χ4n) is 2.91. The number of hydrogen-bond acceptors (Lipinski definition) is 2. The molecule has 2 N–H and O–H groups in total. The molecule has 1 aliphatic carbocycles. The zero-order chi connectivity index (χ0) is 14.2. The Morgan fingerprint density at radius 3 is 2.60 bits per heavy atom. The Morgan fingerprint density at radius 2 is 1.90 bits per heavy atom. The summed E-state index contributed by atoms with van der Waals surface area (Å²) in [6.45, 7) is 3.24. The Kier molecular flexibility index (Phi) is 6.06. The summed E-state index contributed by atoms with van der Waals surface area (Å²) in [5.41, 5.74) is 1.14. The minimum atomic E-state index is 0.0801. The molecule has 0 radical (unpaired) electrons. The fourth-order valence-corrected chi connectivity index (χ4v) is 2.91. The molecule has 0 aromatic heterocycles. The normalized spacial score (nSPS) is 17.6. The predicted octanol–water partition coefficient (Wildman–Crippen LogP) is 2.86.